The van der Waals surface area contributed by atoms with Gasteiger partial charge in [-0.3, -0.25) is 15.1 Å². The minimum atomic E-state index is -0.490. The molecule has 2 aromatic carbocycles. The third kappa shape index (κ3) is 4.21. The van der Waals surface area contributed by atoms with Gasteiger partial charge in [0.2, 0.25) is 0 Å². The van der Waals surface area contributed by atoms with Gasteiger partial charge in [-0.15, -0.1) is 0 Å². The fourth-order valence-electron chi connectivity index (χ4n) is 2.49. The molecule has 7 nitrogen and oxygen atoms in total. The number of carbonyl (C=O) groups is 1. The zero-order valence-electron chi connectivity index (χ0n) is 13.7. The van der Waals surface area contributed by atoms with Crippen molar-refractivity contribution in [3.63, 3.8) is 0 Å². The van der Waals surface area contributed by atoms with E-state index in [9.17, 15) is 14.9 Å². The normalized spacial score (nSPS) is 11.4. The molecule has 26 heavy (non-hydrogen) atoms. The number of benzene rings is 2. The monoisotopic (exact) mass is 348 g/mol. The second kappa shape index (κ2) is 7.89. The molecule has 1 aromatic heterocycles. The first-order valence-corrected chi connectivity index (χ1v) is 7.91. The second-order valence-electron chi connectivity index (χ2n) is 5.50. The van der Waals surface area contributed by atoms with E-state index < -0.39 is 17.0 Å². The van der Waals surface area contributed by atoms with Crippen LogP contribution >= 0.6 is 0 Å². The summed E-state index contributed by atoms with van der Waals surface area (Å²) in [6.45, 7) is 0. The van der Waals surface area contributed by atoms with Crippen LogP contribution < -0.4 is 10.6 Å². The largest absolute Gasteiger partial charge is 0.325 e. The molecule has 2 amide bonds. The van der Waals surface area contributed by atoms with E-state index in [1.807, 2.05) is 48.5 Å². The van der Waals surface area contributed by atoms with Gasteiger partial charge >= 0.3 is 6.03 Å². The van der Waals surface area contributed by atoms with Crippen LogP contribution in [-0.4, -0.2) is 15.9 Å². The van der Waals surface area contributed by atoms with E-state index >= 15 is 0 Å². The number of hydrogen-bond donors (Lipinski definition) is 2. The number of non-ortho nitro benzene ring substituents is 1. The van der Waals surface area contributed by atoms with Gasteiger partial charge in [0.15, 0.2) is 0 Å². The highest BCUT2D eigenvalue weighted by Crippen LogP contribution is 2.20. The maximum Gasteiger partial charge on any atom is 0.320 e. The molecule has 0 saturated carbocycles. The number of aromatic nitrogens is 1. The molecular formula is C19H16N4O3. The standard InChI is InChI=1S/C19H16N4O3/c24-19(21-15-9-11-16(12-10-15)23(25)26)22-18(14-6-2-1-3-7-14)17-8-4-5-13-20-17/h1-13,18H,(H2,21,22,24)/t18-/m0/s1. The summed E-state index contributed by atoms with van der Waals surface area (Å²) in [5.41, 5.74) is 2.02. The van der Waals surface area contributed by atoms with Crippen LogP contribution in [0.5, 0.6) is 0 Å². The van der Waals surface area contributed by atoms with E-state index in [0.717, 1.165) is 5.56 Å². The average Bonchev–Trinajstić information content (AvgIpc) is 2.68. The second-order valence-corrected chi connectivity index (χ2v) is 5.50. The Balaban J connectivity index is 1.76. The third-order valence-electron chi connectivity index (χ3n) is 3.73. The van der Waals surface area contributed by atoms with E-state index in [2.05, 4.69) is 15.6 Å². The van der Waals surface area contributed by atoms with Crippen LogP contribution in [0.4, 0.5) is 16.2 Å². The van der Waals surface area contributed by atoms with Crippen molar-refractivity contribution in [2.45, 2.75) is 6.04 Å². The summed E-state index contributed by atoms with van der Waals surface area (Å²) in [6, 6.07) is 19.8. The number of rotatable bonds is 5. The first-order valence-electron chi connectivity index (χ1n) is 7.91. The molecule has 3 aromatic rings. The Kier molecular flexibility index (Phi) is 5.19. The number of nitrogens with one attached hydrogen (secondary N) is 2. The SMILES string of the molecule is O=C(Nc1ccc([N+](=O)[O-])cc1)N[C@@H](c1ccccc1)c1ccccn1. The Morgan fingerprint density at radius 3 is 2.27 bits per heavy atom. The topological polar surface area (TPSA) is 97.2 Å². The van der Waals surface area contributed by atoms with Gasteiger partial charge in [0.1, 0.15) is 0 Å². The van der Waals surface area contributed by atoms with Gasteiger partial charge in [-0.25, -0.2) is 4.79 Å². The lowest BCUT2D eigenvalue weighted by molar-refractivity contribution is -0.384. The Hall–Kier alpha value is -3.74. The van der Waals surface area contributed by atoms with Crippen molar-refractivity contribution in [2.75, 3.05) is 5.32 Å². The van der Waals surface area contributed by atoms with Crippen molar-refractivity contribution in [3.05, 3.63) is 100 Å². The average molecular weight is 348 g/mol. The number of nitro groups is 1. The third-order valence-corrected chi connectivity index (χ3v) is 3.73. The molecular weight excluding hydrogens is 332 g/mol. The lowest BCUT2D eigenvalue weighted by Crippen LogP contribution is -2.33. The Morgan fingerprint density at radius 2 is 1.65 bits per heavy atom. The molecule has 0 radical (unpaired) electrons. The van der Waals surface area contributed by atoms with Crippen LogP contribution in [0.3, 0.4) is 0 Å². The zero-order chi connectivity index (χ0) is 18.4. The number of carbonyl (C=O) groups excluding carboxylic acids is 1. The summed E-state index contributed by atoms with van der Waals surface area (Å²) in [5.74, 6) is 0. The highest BCUT2D eigenvalue weighted by atomic mass is 16.6. The number of nitro benzene ring substituents is 1. The smallest absolute Gasteiger partial charge is 0.320 e. The number of pyridine rings is 1. The fourth-order valence-corrected chi connectivity index (χ4v) is 2.49. The molecule has 1 atom stereocenters. The summed E-state index contributed by atoms with van der Waals surface area (Å²) in [7, 11) is 0. The predicted octanol–water partition coefficient (Wildman–Crippen LogP) is 3.90. The van der Waals surface area contributed by atoms with Crippen LogP contribution in [0, 0.1) is 10.1 Å². The van der Waals surface area contributed by atoms with Crippen molar-refractivity contribution in [1.29, 1.82) is 0 Å². The van der Waals surface area contributed by atoms with Gasteiger partial charge in [0.25, 0.3) is 5.69 Å². The lowest BCUT2D eigenvalue weighted by atomic mass is 10.0. The minimum absolute atomic E-state index is 0.0356. The van der Waals surface area contributed by atoms with E-state index in [1.165, 1.54) is 24.3 Å². The molecule has 130 valence electrons. The Bertz CT molecular complexity index is 844. The van der Waals surface area contributed by atoms with Gasteiger partial charge in [0, 0.05) is 24.0 Å². The Morgan fingerprint density at radius 1 is 0.962 bits per heavy atom. The summed E-state index contributed by atoms with van der Waals surface area (Å²) >= 11 is 0. The molecule has 0 spiro atoms. The molecule has 0 aliphatic rings. The number of urea groups is 1. The number of amides is 2. The van der Waals surface area contributed by atoms with Crippen molar-refractivity contribution >= 4 is 17.4 Å². The van der Waals surface area contributed by atoms with Crippen LogP contribution in [0.1, 0.15) is 17.3 Å². The van der Waals surface area contributed by atoms with Gasteiger partial charge < -0.3 is 10.6 Å². The van der Waals surface area contributed by atoms with Crippen LogP contribution in [0.2, 0.25) is 0 Å². The Labute approximate surface area is 149 Å². The molecule has 7 heteroatoms. The van der Waals surface area contributed by atoms with E-state index in [-0.39, 0.29) is 5.69 Å². The van der Waals surface area contributed by atoms with Gasteiger partial charge in [0.05, 0.1) is 16.7 Å². The van der Waals surface area contributed by atoms with Crippen molar-refractivity contribution < 1.29 is 9.72 Å². The molecule has 0 saturated heterocycles. The maximum absolute atomic E-state index is 12.4. The highest BCUT2D eigenvalue weighted by Gasteiger charge is 2.18. The van der Waals surface area contributed by atoms with Gasteiger partial charge in [-0.2, -0.15) is 0 Å². The molecule has 1 heterocycles. The number of nitrogens with zero attached hydrogens (tertiary/aromatic N) is 2. The summed E-state index contributed by atoms with van der Waals surface area (Å²) in [5, 5.41) is 16.3. The first-order chi connectivity index (χ1) is 12.6. The molecule has 2 N–H and O–H groups in total. The zero-order valence-corrected chi connectivity index (χ0v) is 13.7. The first kappa shape index (κ1) is 17.1. The maximum atomic E-state index is 12.4. The summed E-state index contributed by atoms with van der Waals surface area (Å²) < 4.78 is 0. The highest BCUT2D eigenvalue weighted by molar-refractivity contribution is 5.89. The fraction of sp³-hybridized carbons (Fsp3) is 0.0526. The number of anilines is 1. The van der Waals surface area contributed by atoms with Crippen molar-refractivity contribution in [3.8, 4) is 0 Å². The van der Waals surface area contributed by atoms with E-state index in [4.69, 9.17) is 0 Å². The van der Waals surface area contributed by atoms with Gasteiger partial charge in [-0.1, -0.05) is 36.4 Å². The molecule has 0 fully saturated rings. The van der Waals surface area contributed by atoms with Crippen LogP contribution in [0.15, 0.2) is 79.0 Å². The number of hydrogen-bond acceptors (Lipinski definition) is 4. The van der Waals surface area contributed by atoms with Crippen LogP contribution in [0.25, 0.3) is 0 Å². The van der Waals surface area contributed by atoms with Crippen molar-refractivity contribution in [2.24, 2.45) is 0 Å². The lowest BCUT2D eigenvalue weighted by Gasteiger charge is -2.19. The predicted molar refractivity (Wildman–Crippen MR) is 97.8 cm³/mol. The summed E-state index contributed by atoms with van der Waals surface area (Å²) in [6.07, 6.45) is 1.67. The minimum Gasteiger partial charge on any atom is -0.325 e. The molecule has 3 rings (SSSR count). The molecule has 0 aliphatic heterocycles. The molecule has 0 aliphatic carbocycles. The van der Waals surface area contributed by atoms with E-state index in [0.29, 0.717) is 11.4 Å². The van der Waals surface area contributed by atoms with Crippen LogP contribution in [-0.2, 0) is 0 Å². The van der Waals surface area contributed by atoms with E-state index in [1.54, 1.807) is 6.20 Å². The molecule has 0 unspecified atom stereocenters. The summed E-state index contributed by atoms with van der Waals surface area (Å²) in [4.78, 5) is 26.9. The molecule has 0 bridgehead atoms. The quantitative estimate of drug-likeness (QED) is 0.540. The van der Waals surface area contributed by atoms with Gasteiger partial charge in [-0.05, 0) is 29.8 Å². The van der Waals surface area contributed by atoms with Crippen molar-refractivity contribution in [1.82, 2.24) is 10.3 Å².